The van der Waals surface area contributed by atoms with Crippen LogP contribution in [0, 0.1) is 0 Å². The summed E-state index contributed by atoms with van der Waals surface area (Å²) in [6, 6.07) is 5.88. The van der Waals surface area contributed by atoms with Gasteiger partial charge in [-0.3, -0.25) is 0 Å². The smallest absolute Gasteiger partial charge is 0.215 e. The Labute approximate surface area is 115 Å². The van der Waals surface area contributed by atoms with Crippen molar-refractivity contribution in [1.82, 2.24) is 30.2 Å². The van der Waals surface area contributed by atoms with Crippen LogP contribution in [0.4, 0.5) is 0 Å². The van der Waals surface area contributed by atoms with Gasteiger partial charge in [0.1, 0.15) is 11.4 Å². The second-order valence-corrected chi connectivity index (χ2v) is 5.40. The third-order valence-corrected chi connectivity index (χ3v) is 3.87. The zero-order chi connectivity index (χ0) is 12.5. The Hall–Kier alpha value is -1.54. The molecule has 0 unspecified atom stereocenters. The van der Waals surface area contributed by atoms with E-state index in [0.29, 0.717) is 5.16 Å². The first-order valence-corrected chi connectivity index (χ1v) is 6.65. The molecule has 0 aliphatic heterocycles. The molecule has 2 aromatic heterocycles. The zero-order valence-corrected chi connectivity index (χ0v) is 11.7. The van der Waals surface area contributed by atoms with Gasteiger partial charge < -0.3 is 0 Å². The highest BCUT2D eigenvalue weighted by Gasteiger charge is 2.10. The Morgan fingerprint density at radius 3 is 2.94 bits per heavy atom. The molecule has 0 bridgehead atoms. The number of aromatic nitrogens is 6. The van der Waals surface area contributed by atoms with Crippen LogP contribution >= 0.6 is 27.7 Å². The fourth-order valence-electron chi connectivity index (χ4n) is 1.48. The van der Waals surface area contributed by atoms with Crippen molar-refractivity contribution < 1.29 is 0 Å². The van der Waals surface area contributed by atoms with Gasteiger partial charge in [-0.05, 0) is 40.4 Å². The van der Waals surface area contributed by atoms with Crippen molar-refractivity contribution in [3.8, 4) is 0 Å². The van der Waals surface area contributed by atoms with E-state index < -0.39 is 0 Å². The van der Waals surface area contributed by atoms with Gasteiger partial charge in [0.25, 0.3) is 0 Å². The normalized spacial score (nSPS) is 11.0. The molecule has 3 rings (SSSR count). The molecule has 0 saturated heterocycles. The number of halogens is 1. The minimum Gasteiger partial charge on any atom is -0.236 e. The molecule has 6 nitrogen and oxygen atoms in total. The molecule has 0 radical (unpaired) electrons. The van der Waals surface area contributed by atoms with E-state index in [2.05, 4.69) is 41.4 Å². The highest BCUT2D eigenvalue weighted by molar-refractivity contribution is 9.10. The molecule has 18 heavy (non-hydrogen) atoms. The van der Waals surface area contributed by atoms with Gasteiger partial charge in [-0.1, -0.05) is 15.9 Å². The second kappa shape index (κ2) is 4.62. The molecule has 2 heterocycles. The molecule has 0 aliphatic rings. The fourth-order valence-corrected chi connectivity index (χ4v) is 2.63. The molecule has 0 atom stereocenters. The summed E-state index contributed by atoms with van der Waals surface area (Å²) in [6.45, 7) is 0. The van der Waals surface area contributed by atoms with Crippen LogP contribution in [0.25, 0.3) is 10.9 Å². The van der Waals surface area contributed by atoms with Gasteiger partial charge in [0, 0.05) is 16.9 Å². The Morgan fingerprint density at radius 1 is 1.28 bits per heavy atom. The SMILES string of the molecule is Cn1nnnc1Sc1ncnc2ccc(Br)cc12. The fraction of sp³-hybridized carbons (Fsp3) is 0.100. The summed E-state index contributed by atoms with van der Waals surface area (Å²) in [4.78, 5) is 8.52. The van der Waals surface area contributed by atoms with Crippen LogP contribution in [0.1, 0.15) is 0 Å². The van der Waals surface area contributed by atoms with Crippen molar-refractivity contribution in [3.05, 3.63) is 29.0 Å². The molecular formula is C10H7BrN6S. The molecule has 0 amide bonds. The Morgan fingerprint density at radius 2 is 2.17 bits per heavy atom. The molecule has 0 spiro atoms. The van der Waals surface area contributed by atoms with Gasteiger partial charge in [-0.2, -0.15) is 0 Å². The van der Waals surface area contributed by atoms with Crippen LogP contribution in [-0.4, -0.2) is 30.2 Å². The molecule has 90 valence electrons. The Balaban J connectivity index is 2.11. The zero-order valence-electron chi connectivity index (χ0n) is 9.28. The first-order valence-electron chi connectivity index (χ1n) is 5.04. The summed E-state index contributed by atoms with van der Waals surface area (Å²) >= 11 is 4.86. The van der Waals surface area contributed by atoms with E-state index in [-0.39, 0.29) is 0 Å². The summed E-state index contributed by atoms with van der Waals surface area (Å²) in [6.07, 6.45) is 1.54. The van der Waals surface area contributed by atoms with Gasteiger partial charge >= 0.3 is 0 Å². The first kappa shape index (κ1) is 11.5. The lowest BCUT2D eigenvalue weighted by Crippen LogP contribution is -1.94. The number of aryl methyl sites for hydroxylation is 1. The average Bonchev–Trinajstić information content (AvgIpc) is 2.76. The first-order chi connectivity index (χ1) is 8.74. The van der Waals surface area contributed by atoms with Crippen molar-refractivity contribution in [2.45, 2.75) is 10.2 Å². The second-order valence-electron chi connectivity index (χ2n) is 3.53. The third-order valence-electron chi connectivity index (χ3n) is 2.33. The van der Waals surface area contributed by atoms with Crippen molar-refractivity contribution in [2.75, 3.05) is 0 Å². The minimum absolute atomic E-state index is 0.690. The van der Waals surface area contributed by atoms with Crippen LogP contribution in [0.5, 0.6) is 0 Å². The van der Waals surface area contributed by atoms with Crippen LogP contribution in [-0.2, 0) is 7.05 Å². The van der Waals surface area contributed by atoms with Crippen molar-refractivity contribution >= 4 is 38.6 Å². The van der Waals surface area contributed by atoms with Gasteiger partial charge in [0.05, 0.1) is 5.52 Å². The van der Waals surface area contributed by atoms with E-state index in [1.54, 1.807) is 18.1 Å². The summed E-state index contributed by atoms with van der Waals surface area (Å²) < 4.78 is 2.60. The lowest BCUT2D eigenvalue weighted by Gasteiger charge is -2.03. The summed E-state index contributed by atoms with van der Waals surface area (Å²) in [7, 11) is 1.79. The number of nitrogens with zero attached hydrogens (tertiary/aromatic N) is 6. The molecule has 8 heteroatoms. The van der Waals surface area contributed by atoms with Gasteiger partial charge in [-0.25, -0.2) is 14.6 Å². The third kappa shape index (κ3) is 2.08. The summed E-state index contributed by atoms with van der Waals surface area (Å²) in [5.74, 6) is 0. The number of fused-ring (bicyclic) bond motifs is 1. The van der Waals surface area contributed by atoms with Gasteiger partial charge in [0.2, 0.25) is 5.16 Å². The predicted molar refractivity (Wildman–Crippen MR) is 70.2 cm³/mol. The van der Waals surface area contributed by atoms with Gasteiger partial charge in [-0.15, -0.1) is 5.10 Å². The lowest BCUT2D eigenvalue weighted by molar-refractivity contribution is 0.664. The molecule has 0 N–H and O–H groups in total. The van der Waals surface area contributed by atoms with Crippen molar-refractivity contribution in [3.63, 3.8) is 0 Å². The number of rotatable bonds is 2. The van der Waals surface area contributed by atoms with Crippen molar-refractivity contribution in [1.29, 1.82) is 0 Å². The van der Waals surface area contributed by atoms with Gasteiger partial charge in [0.15, 0.2) is 0 Å². The molecular weight excluding hydrogens is 316 g/mol. The predicted octanol–water partition coefficient (Wildman–Crippen LogP) is 2.07. The molecule has 3 aromatic rings. The van der Waals surface area contributed by atoms with E-state index in [9.17, 15) is 0 Å². The molecule has 1 aromatic carbocycles. The molecule has 0 fully saturated rings. The van der Waals surface area contributed by atoms with Crippen LogP contribution < -0.4 is 0 Å². The summed E-state index contributed by atoms with van der Waals surface area (Å²) in [5.41, 5.74) is 0.894. The standard InChI is InChI=1S/C10H7BrN6S/c1-17-10(14-15-16-17)18-9-7-4-6(11)2-3-8(7)12-5-13-9/h2-5H,1H3. The average molecular weight is 323 g/mol. The minimum atomic E-state index is 0.690. The number of hydrogen-bond donors (Lipinski definition) is 0. The number of benzene rings is 1. The Kier molecular flexibility index (Phi) is 2.96. The topological polar surface area (TPSA) is 69.4 Å². The number of hydrogen-bond acceptors (Lipinski definition) is 6. The van der Waals surface area contributed by atoms with E-state index in [4.69, 9.17) is 0 Å². The van der Waals surface area contributed by atoms with Crippen molar-refractivity contribution in [2.24, 2.45) is 7.05 Å². The molecule has 0 aliphatic carbocycles. The quantitative estimate of drug-likeness (QED) is 0.673. The maximum absolute atomic E-state index is 4.29. The lowest BCUT2D eigenvalue weighted by atomic mass is 10.2. The van der Waals surface area contributed by atoms with Crippen LogP contribution in [0.3, 0.4) is 0 Å². The van der Waals surface area contributed by atoms with Crippen LogP contribution in [0.15, 0.2) is 39.2 Å². The summed E-state index contributed by atoms with van der Waals surface area (Å²) in [5, 5.41) is 13.8. The highest BCUT2D eigenvalue weighted by Crippen LogP contribution is 2.30. The molecule has 0 saturated carbocycles. The van der Waals surface area contributed by atoms with E-state index in [0.717, 1.165) is 20.4 Å². The monoisotopic (exact) mass is 322 g/mol. The van der Waals surface area contributed by atoms with E-state index in [1.165, 1.54) is 11.8 Å². The highest BCUT2D eigenvalue weighted by atomic mass is 79.9. The number of tetrazole rings is 1. The van der Waals surface area contributed by atoms with Crippen LogP contribution in [0.2, 0.25) is 0 Å². The Bertz CT molecular complexity index is 712. The maximum Gasteiger partial charge on any atom is 0.215 e. The largest absolute Gasteiger partial charge is 0.236 e. The van der Waals surface area contributed by atoms with E-state index in [1.807, 2.05) is 18.2 Å². The maximum atomic E-state index is 4.29. The van der Waals surface area contributed by atoms with E-state index >= 15 is 0 Å².